The van der Waals surface area contributed by atoms with Gasteiger partial charge in [0.25, 0.3) is 0 Å². The molecule has 2 aromatic carbocycles. The molecule has 6 heteroatoms. The number of anilines is 1. The van der Waals surface area contributed by atoms with Crippen LogP contribution in [0.1, 0.15) is 11.1 Å². The second-order valence-electron chi connectivity index (χ2n) is 5.19. The van der Waals surface area contributed by atoms with Crippen molar-refractivity contribution in [3.8, 4) is 5.75 Å². The molecular formula is C16H16BrNO3S. The molecule has 0 unspecified atom stereocenters. The Bertz CT molecular complexity index is 788. The van der Waals surface area contributed by atoms with Gasteiger partial charge in [-0.15, -0.1) is 0 Å². The third-order valence-electron chi connectivity index (χ3n) is 3.76. The van der Waals surface area contributed by atoms with Crippen molar-refractivity contribution in [2.75, 3.05) is 17.2 Å². The second kappa shape index (κ2) is 5.93. The molecule has 0 aromatic heterocycles. The van der Waals surface area contributed by atoms with Crippen LogP contribution in [0.4, 0.5) is 5.69 Å². The average molecular weight is 382 g/mol. The number of nitrogens with zero attached hydrogens (tertiary/aromatic N) is 1. The monoisotopic (exact) mass is 381 g/mol. The Balaban J connectivity index is 1.96. The number of hydrogen-bond acceptors (Lipinski definition) is 3. The highest BCUT2D eigenvalue weighted by molar-refractivity contribution is 9.10. The number of halogens is 1. The normalized spacial score (nSPS) is 16.2. The summed E-state index contributed by atoms with van der Waals surface area (Å²) in [5.74, 6) is 0.904. The maximum absolute atomic E-state index is 12.4. The smallest absolute Gasteiger partial charge is 0.235 e. The van der Waals surface area contributed by atoms with E-state index in [9.17, 15) is 8.42 Å². The number of hydrogen-bond donors (Lipinski definition) is 0. The standard InChI is InChI=1S/C16H16BrNO3S/c1-21-15-5-2-12(3-6-15)11-18-16-7-4-14(17)10-13(16)8-9-22(18,19)20/h2-7,10H,8-9,11H2,1H3. The summed E-state index contributed by atoms with van der Waals surface area (Å²) in [6, 6.07) is 13.2. The van der Waals surface area contributed by atoms with Gasteiger partial charge >= 0.3 is 0 Å². The van der Waals surface area contributed by atoms with E-state index in [2.05, 4.69) is 15.9 Å². The Morgan fingerprint density at radius 2 is 1.91 bits per heavy atom. The average Bonchev–Trinajstić information content (AvgIpc) is 2.51. The zero-order chi connectivity index (χ0) is 15.7. The summed E-state index contributed by atoms with van der Waals surface area (Å²) < 4.78 is 32.5. The van der Waals surface area contributed by atoms with Gasteiger partial charge in [0.15, 0.2) is 0 Å². The van der Waals surface area contributed by atoms with E-state index in [4.69, 9.17) is 4.74 Å². The maximum Gasteiger partial charge on any atom is 0.235 e. The largest absolute Gasteiger partial charge is 0.497 e. The number of ether oxygens (including phenoxy) is 1. The van der Waals surface area contributed by atoms with Gasteiger partial charge in [-0.05, 0) is 47.9 Å². The van der Waals surface area contributed by atoms with Gasteiger partial charge in [-0.3, -0.25) is 4.31 Å². The minimum Gasteiger partial charge on any atom is -0.497 e. The van der Waals surface area contributed by atoms with E-state index in [0.717, 1.165) is 27.0 Å². The molecule has 0 radical (unpaired) electrons. The van der Waals surface area contributed by atoms with E-state index in [1.54, 1.807) is 7.11 Å². The van der Waals surface area contributed by atoms with E-state index < -0.39 is 10.0 Å². The predicted molar refractivity (Wildman–Crippen MR) is 90.8 cm³/mol. The van der Waals surface area contributed by atoms with Crippen LogP contribution in [-0.4, -0.2) is 21.3 Å². The van der Waals surface area contributed by atoms with Gasteiger partial charge in [0.1, 0.15) is 5.75 Å². The zero-order valence-corrected chi connectivity index (χ0v) is 14.5. The van der Waals surface area contributed by atoms with Crippen LogP contribution in [0.15, 0.2) is 46.9 Å². The number of benzene rings is 2. The quantitative estimate of drug-likeness (QED) is 0.818. The SMILES string of the molecule is COc1ccc(CN2c3ccc(Br)cc3CCS2(=O)=O)cc1. The number of rotatable bonds is 3. The number of fused-ring (bicyclic) bond motifs is 1. The van der Waals surface area contributed by atoms with Crippen molar-refractivity contribution in [2.24, 2.45) is 0 Å². The molecule has 3 rings (SSSR count). The molecule has 4 nitrogen and oxygen atoms in total. The lowest BCUT2D eigenvalue weighted by molar-refractivity contribution is 0.414. The number of aryl methyl sites for hydroxylation is 1. The first-order valence-corrected chi connectivity index (χ1v) is 9.31. The van der Waals surface area contributed by atoms with Gasteiger partial charge in [0.05, 0.1) is 25.1 Å². The number of sulfonamides is 1. The Morgan fingerprint density at radius 1 is 1.18 bits per heavy atom. The minimum absolute atomic E-state index is 0.145. The van der Waals surface area contributed by atoms with Crippen molar-refractivity contribution in [3.63, 3.8) is 0 Å². The molecule has 0 bridgehead atoms. The fourth-order valence-electron chi connectivity index (χ4n) is 2.58. The molecule has 116 valence electrons. The van der Waals surface area contributed by atoms with Crippen LogP contribution in [-0.2, 0) is 23.0 Å². The van der Waals surface area contributed by atoms with Crippen LogP contribution in [0.3, 0.4) is 0 Å². The van der Waals surface area contributed by atoms with Crippen LogP contribution >= 0.6 is 15.9 Å². The lowest BCUT2D eigenvalue weighted by Crippen LogP contribution is -2.37. The summed E-state index contributed by atoms with van der Waals surface area (Å²) >= 11 is 3.44. The summed E-state index contributed by atoms with van der Waals surface area (Å²) in [4.78, 5) is 0. The minimum atomic E-state index is -3.28. The van der Waals surface area contributed by atoms with E-state index >= 15 is 0 Å². The van der Waals surface area contributed by atoms with Gasteiger partial charge in [-0.25, -0.2) is 8.42 Å². The van der Waals surface area contributed by atoms with Crippen LogP contribution < -0.4 is 9.04 Å². The molecule has 0 amide bonds. The van der Waals surface area contributed by atoms with Crippen LogP contribution in [0, 0.1) is 0 Å². The lowest BCUT2D eigenvalue weighted by atomic mass is 10.1. The van der Waals surface area contributed by atoms with Crippen molar-refractivity contribution in [1.29, 1.82) is 0 Å². The summed E-state index contributed by atoms with van der Waals surface area (Å²) in [6.45, 7) is 0.334. The first-order valence-electron chi connectivity index (χ1n) is 6.91. The molecule has 1 aliphatic heterocycles. The molecule has 0 spiro atoms. The first-order chi connectivity index (χ1) is 10.5. The Hall–Kier alpha value is -1.53. The molecule has 0 aliphatic carbocycles. The van der Waals surface area contributed by atoms with Crippen molar-refractivity contribution in [3.05, 3.63) is 58.1 Å². The molecule has 0 N–H and O–H groups in total. The predicted octanol–water partition coefficient (Wildman–Crippen LogP) is 3.35. The molecule has 2 aromatic rings. The first kappa shape index (κ1) is 15.4. The van der Waals surface area contributed by atoms with Gasteiger partial charge < -0.3 is 4.74 Å². The van der Waals surface area contributed by atoms with E-state index in [1.807, 2.05) is 42.5 Å². The third-order valence-corrected chi connectivity index (χ3v) is 5.97. The van der Waals surface area contributed by atoms with E-state index in [1.165, 1.54) is 4.31 Å². The van der Waals surface area contributed by atoms with Gasteiger partial charge in [0.2, 0.25) is 10.0 Å². The second-order valence-corrected chi connectivity index (χ2v) is 8.12. The van der Waals surface area contributed by atoms with Crippen LogP contribution in [0.5, 0.6) is 5.75 Å². The van der Waals surface area contributed by atoms with E-state index in [-0.39, 0.29) is 5.75 Å². The molecular weight excluding hydrogens is 366 g/mol. The fourth-order valence-corrected chi connectivity index (χ4v) is 4.51. The summed E-state index contributed by atoms with van der Waals surface area (Å²) in [5.41, 5.74) is 2.75. The highest BCUT2D eigenvalue weighted by atomic mass is 79.9. The molecule has 1 aliphatic rings. The van der Waals surface area contributed by atoms with Crippen LogP contribution in [0.25, 0.3) is 0 Å². The van der Waals surface area contributed by atoms with Gasteiger partial charge in [0, 0.05) is 4.47 Å². The molecule has 22 heavy (non-hydrogen) atoms. The van der Waals surface area contributed by atoms with Crippen LogP contribution in [0.2, 0.25) is 0 Å². The third kappa shape index (κ3) is 2.98. The Morgan fingerprint density at radius 3 is 2.59 bits per heavy atom. The Labute approximate surface area is 138 Å². The van der Waals surface area contributed by atoms with Crippen molar-refractivity contribution in [1.82, 2.24) is 0 Å². The highest BCUT2D eigenvalue weighted by Crippen LogP contribution is 2.33. The number of methoxy groups -OCH3 is 1. The maximum atomic E-state index is 12.4. The zero-order valence-electron chi connectivity index (χ0n) is 12.1. The summed E-state index contributed by atoms with van der Waals surface area (Å²) in [5, 5.41) is 0. The molecule has 0 saturated heterocycles. The van der Waals surface area contributed by atoms with Gasteiger partial charge in [-0.1, -0.05) is 28.1 Å². The fraction of sp³-hybridized carbons (Fsp3) is 0.250. The topological polar surface area (TPSA) is 46.6 Å². The lowest BCUT2D eigenvalue weighted by Gasteiger charge is -2.31. The molecule has 0 fully saturated rings. The Kier molecular flexibility index (Phi) is 4.14. The summed E-state index contributed by atoms with van der Waals surface area (Å²) in [6.07, 6.45) is 0.552. The molecule has 0 atom stereocenters. The molecule has 0 saturated carbocycles. The van der Waals surface area contributed by atoms with Crippen molar-refractivity contribution < 1.29 is 13.2 Å². The van der Waals surface area contributed by atoms with Gasteiger partial charge in [-0.2, -0.15) is 0 Å². The highest BCUT2D eigenvalue weighted by Gasteiger charge is 2.29. The van der Waals surface area contributed by atoms with Crippen molar-refractivity contribution in [2.45, 2.75) is 13.0 Å². The van der Waals surface area contributed by atoms with Crippen molar-refractivity contribution >= 4 is 31.6 Å². The summed E-state index contributed by atoms with van der Waals surface area (Å²) in [7, 11) is -1.67. The molecule has 1 heterocycles. The van der Waals surface area contributed by atoms with E-state index in [0.29, 0.717) is 13.0 Å².